The zero-order chi connectivity index (χ0) is 6.69. The van der Waals surface area contributed by atoms with Crippen LogP contribution in [0.1, 0.15) is 0 Å². The van der Waals surface area contributed by atoms with Gasteiger partial charge in [0.2, 0.25) is 0 Å². The van der Waals surface area contributed by atoms with Gasteiger partial charge in [0.05, 0.1) is 18.9 Å². The van der Waals surface area contributed by atoms with Crippen molar-refractivity contribution in [3.8, 4) is 0 Å². The number of hydrogen-bond acceptors (Lipinski definition) is 4. The first-order valence-electron chi connectivity index (χ1n) is 2.82. The van der Waals surface area contributed by atoms with Crippen LogP contribution in [0.5, 0.6) is 0 Å². The van der Waals surface area contributed by atoms with E-state index in [0.29, 0.717) is 13.2 Å². The summed E-state index contributed by atoms with van der Waals surface area (Å²) in [6.07, 6.45) is 0.322. The molecular formula is C4H8BNO3. The van der Waals surface area contributed by atoms with E-state index in [1.165, 1.54) is 4.97 Å². The second-order valence-electron chi connectivity index (χ2n) is 1.96. The number of carbonyl (C=O) groups excluding carboxylic acids is 1. The molecule has 0 amide bonds. The van der Waals surface area contributed by atoms with Crippen LogP contribution in [0.2, 0.25) is 0 Å². The van der Waals surface area contributed by atoms with Gasteiger partial charge in [0.25, 0.3) is 0 Å². The first-order chi connectivity index (χ1) is 4.33. The minimum absolute atomic E-state index is 0.247. The Morgan fingerprint density at radius 2 is 2.67 bits per heavy atom. The lowest BCUT2D eigenvalue weighted by Crippen LogP contribution is -2.26. The lowest BCUT2D eigenvalue weighted by atomic mass is 9.98. The first kappa shape index (κ1) is 6.73. The fraction of sp³-hybridized carbons (Fsp3) is 0.750. The molecule has 1 rings (SSSR count). The minimum atomic E-state index is -0.426. The summed E-state index contributed by atoms with van der Waals surface area (Å²) in [6, 6.07) is 0. The fourth-order valence-electron chi connectivity index (χ4n) is 0.742. The summed E-state index contributed by atoms with van der Waals surface area (Å²) in [5.41, 5.74) is 0. The normalized spacial score (nSPS) is 28.3. The molecule has 9 heavy (non-hydrogen) atoms. The highest BCUT2D eigenvalue weighted by atomic mass is 16.7. The standard InChI is InChI=1S/C4H8BNO3/c7-3-5-6-1-4(8)2-9-6/h3-5,8H,1-2H2/t4-/m1/s1. The van der Waals surface area contributed by atoms with Crippen molar-refractivity contribution in [3.63, 3.8) is 0 Å². The van der Waals surface area contributed by atoms with Crippen LogP contribution in [0.3, 0.4) is 0 Å². The van der Waals surface area contributed by atoms with Crippen molar-refractivity contribution in [3.05, 3.63) is 0 Å². The van der Waals surface area contributed by atoms with Crippen molar-refractivity contribution in [2.24, 2.45) is 0 Å². The molecule has 0 aromatic rings. The molecule has 0 aromatic heterocycles. The van der Waals surface area contributed by atoms with Crippen molar-refractivity contribution >= 4 is 13.6 Å². The molecule has 0 radical (unpaired) electrons. The Labute approximate surface area is 53.6 Å². The molecule has 0 aliphatic carbocycles. The largest absolute Gasteiger partial charge is 0.389 e. The molecule has 5 heteroatoms. The van der Waals surface area contributed by atoms with Gasteiger partial charge in [-0.15, -0.1) is 0 Å². The first-order valence-corrected chi connectivity index (χ1v) is 2.82. The highest BCUT2D eigenvalue weighted by molar-refractivity contribution is 6.63. The van der Waals surface area contributed by atoms with E-state index in [-0.39, 0.29) is 7.41 Å². The summed E-state index contributed by atoms with van der Waals surface area (Å²) in [5, 5.41) is 8.84. The number of rotatable bonds is 2. The SMILES string of the molecule is O=CBN1C[C@@H](O)CO1. The van der Waals surface area contributed by atoms with E-state index in [1.807, 2.05) is 0 Å². The number of nitrogens with zero attached hydrogens (tertiary/aromatic N) is 1. The molecular weight excluding hydrogens is 121 g/mol. The van der Waals surface area contributed by atoms with Crippen LogP contribution in [-0.4, -0.2) is 42.9 Å². The van der Waals surface area contributed by atoms with Crippen LogP contribution in [-0.2, 0) is 9.63 Å². The van der Waals surface area contributed by atoms with E-state index in [1.54, 1.807) is 0 Å². The van der Waals surface area contributed by atoms with Gasteiger partial charge in [-0.3, -0.25) is 0 Å². The summed E-state index contributed by atoms with van der Waals surface area (Å²) in [6.45, 7) is 0.757. The van der Waals surface area contributed by atoms with Crippen molar-refractivity contribution in [1.82, 2.24) is 4.97 Å². The monoisotopic (exact) mass is 129 g/mol. The highest BCUT2D eigenvalue weighted by Gasteiger charge is 2.20. The van der Waals surface area contributed by atoms with E-state index < -0.39 is 6.10 Å². The molecule has 1 aliphatic rings. The minimum Gasteiger partial charge on any atom is -0.389 e. The smallest absolute Gasteiger partial charge is 0.312 e. The summed E-state index contributed by atoms with van der Waals surface area (Å²) in [7, 11) is 0.247. The van der Waals surface area contributed by atoms with Gasteiger partial charge in [-0.1, -0.05) is 0 Å². The third kappa shape index (κ3) is 1.78. The van der Waals surface area contributed by atoms with E-state index in [9.17, 15) is 4.79 Å². The van der Waals surface area contributed by atoms with E-state index in [2.05, 4.69) is 0 Å². The molecule has 1 N–H and O–H groups in total. The van der Waals surface area contributed by atoms with E-state index in [0.717, 1.165) is 6.19 Å². The molecule has 0 bridgehead atoms. The maximum atomic E-state index is 9.86. The Balaban J connectivity index is 2.21. The van der Waals surface area contributed by atoms with Gasteiger partial charge < -0.3 is 14.7 Å². The Morgan fingerprint density at radius 1 is 1.89 bits per heavy atom. The average Bonchev–Trinajstić information content (AvgIpc) is 2.17. The zero-order valence-corrected chi connectivity index (χ0v) is 4.99. The lowest BCUT2D eigenvalue weighted by Gasteiger charge is -2.05. The van der Waals surface area contributed by atoms with Crippen LogP contribution < -0.4 is 0 Å². The molecule has 50 valence electrons. The second-order valence-corrected chi connectivity index (χ2v) is 1.96. The number of hydroxylamine groups is 1. The van der Waals surface area contributed by atoms with Gasteiger partial charge in [0, 0.05) is 6.54 Å². The van der Waals surface area contributed by atoms with Crippen LogP contribution in [0, 0.1) is 0 Å². The molecule has 1 saturated heterocycles. The highest BCUT2D eigenvalue weighted by Crippen LogP contribution is 2.01. The predicted molar refractivity (Wildman–Crippen MR) is 32.6 cm³/mol. The summed E-state index contributed by atoms with van der Waals surface area (Å²) >= 11 is 0. The van der Waals surface area contributed by atoms with Crippen LogP contribution in [0.25, 0.3) is 0 Å². The number of aliphatic hydroxyl groups excluding tert-OH is 1. The van der Waals surface area contributed by atoms with Gasteiger partial charge in [-0.25, -0.2) is 4.97 Å². The van der Waals surface area contributed by atoms with Gasteiger partial charge in [-0.05, 0) is 0 Å². The Kier molecular flexibility index (Phi) is 2.21. The third-order valence-corrected chi connectivity index (χ3v) is 1.14. The molecule has 1 atom stereocenters. The number of aliphatic hydroxyl groups is 1. The third-order valence-electron chi connectivity index (χ3n) is 1.14. The number of carbonyl (C=O) groups is 1. The van der Waals surface area contributed by atoms with Gasteiger partial charge in [0.15, 0.2) is 0 Å². The van der Waals surface area contributed by atoms with Gasteiger partial charge in [0.1, 0.15) is 0 Å². The van der Waals surface area contributed by atoms with Gasteiger partial charge >= 0.3 is 7.41 Å². The Morgan fingerprint density at radius 3 is 3.11 bits per heavy atom. The molecule has 1 fully saturated rings. The van der Waals surface area contributed by atoms with Crippen LogP contribution >= 0.6 is 0 Å². The zero-order valence-electron chi connectivity index (χ0n) is 4.99. The fourth-order valence-corrected chi connectivity index (χ4v) is 0.742. The quantitative estimate of drug-likeness (QED) is 0.350. The number of β-amino-alcohol motifs (C(OH)–C–C–N with tert-alkyl or cyclic N) is 1. The maximum absolute atomic E-state index is 9.86. The predicted octanol–water partition coefficient (Wildman–Crippen LogP) is -1.86. The van der Waals surface area contributed by atoms with E-state index in [4.69, 9.17) is 9.94 Å². The molecule has 1 aliphatic heterocycles. The maximum Gasteiger partial charge on any atom is 0.312 e. The molecule has 0 spiro atoms. The van der Waals surface area contributed by atoms with Gasteiger partial charge in [-0.2, -0.15) is 0 Å². The van der Waals surface area contributed by atoms with Crippen LogP contribution in [0.4, 0.5) is 0 Å². The van der Waals surface area contributed by atoms with Crippen molar-refractivity contribution < 1.29 is 14.7 Å². The molecule has 4 nitrogen and oxygen atoms in total. The number of hydrogen-bond donors (Lipinski definition) is 1. The Hall–Kier alpha value is -0.385. The summed E-state index contributed by atoms with van der Waals surface area (Å²) < 4.78 is 0. The van der Waals surface area contributed by atoms with E-state index >= 15 is 0 Å². The van der Waals surface area contributed by atoms with Crippen molar-refractivity contribution in [2.75, 3.05) is 13.2 Å². The molecule has 1 heterocycles. The van der Waals surface area contributed by atoms with Crippen LogP contribution in [0.15, 0.2) is 0 Å². The average molecular weight is 129 g/mol. The molecule has 0 saturated carbocycles. The van der Waals surface area contributed by atoms with Crippen molar-refractivity contribution in [1.29, 1.82) is 0 Å². The van der Waals surface area contributed by atoms with Crippen molar-refractivity contribution in [2.45, 2.75) is 6.10 Å². The molecule has 0 aromatic carbocycles. The topological polar surface area (TPSA) is 49.8 Å². The summed E-state index contributed by atoms with van der Waals surface area (Å²) in [4.78, 5) is 16.2. The Bertz CT molecular complexity index is 110. The lowest BCUT2D eigenvalue weighted by molar-refractivity contribution is -0.0331. The summed E-state index contributed by atoms with van der Waals surface area (Å²) in [5.74, 6) is 0. The molecule has 0 unspecified atom stereocenters. The second kappa shape index (κ2) is 2.96.